The van der Waals surface area contributed by atoms with Gasteiger partial charge in [0.05, 0.1) is 12.1 Å². The molecule has 0 aliphatic rings. The highest BCUT2D eigenvalue weighted by Gasteiger charge is 2.23. The van der Waals surface area contributed by atoms with Crippen LogP contribution in [-0.2, 0) is 10.0 Å². The quantitative estimate of drug-likeness (QED) is 0.121. The van der Waals surface area contributed by atoms with Crippen molar-refractivity contribution in [1.82, 2.24) is 10.0 Å². The average molecular weight is 623 g/mol. The first-order valence-corrected chi connectivity index (χ1v) is 15.3. The van der Waals surface area contributed by atoms with E-state index in [1.807, 2.05) is 36.4 Å². The van der Waals surface area contributed by atoms with Gasteiger partial charge in [-0.1, -0.05) is 47.5 Å². The van der Waals surface area contributed by atoms with Gasteiger partial charge in [0.25, 0.3) is 10.0 Å². The van der Waals surface area contributed by atoms with E-state index in [4.69, 9.17) is 44.9 Å². The molecule has 3 N–H and O–H groups in total. The molecule has 4 rings (SSSR count). The van der Waals surface area contributed by atoms with Crippen LogP contribution in [0.2, 0.25) is 10.0 Å². The maximum absolute atomic E-state index is 13.2. The summed E-state index contributed by atoms with van der Waals surface area (Å²) < 4.78 is 40.5. The zero-order valence-electron chi connectivity index (χ0n) is 20.7. The van der Waals surface area contributed by atoms with Crippen LogP contribution >= 0.6 is 46.8 Å². The zero-order chi connectivity index (χ0) is 27.8. The van der Waals surface area contributed by atoms with Gasteiger partial charge in [0.15, 0.2) is 5.11 Å². The summed E-state index contributed by atoms with van der Waals surface area (Å²) >= 11 is 18.7. The zero-order valence-corrected chi connectivity index (χ0v) is 24.7. The lowest BCUT2D eigenvalue weighted by Gasteiger charge is -2.14. The van der Waals surface area contributed by atoms with Crippen molar-refractivity contribution in [2.45, 2.75) is 10.6 Å². The Labute approximate surface area is 247 Å². The Morgan fingerprint density at radius 2 is 1.77 bits per heavy atom. The van der Waals surface area contributed by atoms with Gasteiger partial charge < -0.3 is 20.1 Å². The van der Waals surface area contributed by atoms with Gasteiger partial charge in [-0.3, -0.25) is 0 Å². The molecule has 4 aromatic rings. The lowest BCUT2D eigenvalue weighted by atomic mass is 10.1. The summed E-state index contributed by atoms with van der Waals surface area (Å²) in [5.41, 5.74) is 1.95. The molecule has 0 saturated heterocycles. The topological polar surface area (TPSA) is 88.7 Å². The monoisotopic (exact) mass is 621 g/mol. The van der Waals surface area contributed by atoms with Crippen LogP contribution in [0, 0.1) is 0 Å². The van der Waals surface area contributed by atoms with Crippen LogP contribution in [0.3, 0.4) is 0 Å². The Kier molecular flexibility index (Phi) is 10.1. The van der Waals surface area contributed by atoms with Crippen LogP contribution in [0.1, 0.15) is 6.42 Å². The van der Waals surface area contributed by atoms with Gasteiger partial charge in [-0.25, -0.2) is 13.1 Å². The molecule has 0 aliphatic heterocycles. The van der Waals surface area contributed by atoms with Crippen molar-refractivity contribution in [3.63, 3.8) is 0 Å². The van der Waals surface area contributed by atoms with Crippen molar-refractivity contribution in [2.75, 3.05) is 25.5 Å². The first-order valence-electron chi connectivity index (χ1n) is 11.7. The molecule has 0 fully saturated rings. The normalized spacial score (nSPS) is 11.2. The molecule has 39 heavy (non-hydrogen) atoms. The molecule has 0 aliphatic carbocycles. The van der Waals surface area contributed by atoms with Gasteiger partial charge >= 0.3 is 0 Å². The van der Waals surface area contributed by atoms with Crippen molar-refractivity contribution >= 4 is 67.6 Å². The molecule has 0 saturated carbocycles. The Bertz CT molecular complexity index is 1560. The highest BCUT2D eigenvalue weighted by Crippen LogP contribution is 2.40. The molecule has 1 heterocycles. The Balaban J connectivity index is 1.36. The van der Waals surface area contributed by atoms with E-state index in [2.05, 4.69) is 15.4 Å². The van der Waals surface area contributed by atoms with Gasteiger partial charge in [0.1, 0.15) is 21.5 Å². The number of para-hydroxylation sites is 1. The minimum absolute atomic E-state index is 0.198. The summed E-state index contributed by atoms with van der Waals surface area (Å²) in [5, 5.41) is 9.16. The van der Waals surface area contributed by atoms with Gasteiger partial charge in [-0.2, -0.15) is 0 Å². The smallest absolute Gasteiger partial charge is 0.250 e. The van der Waals surface area contributed by atoms with Crippen molar-refractivity contribution in [3.05, 3.63) is 88.2 Å². The molecule has 0 amide bonds. The maximum Gasteiger partial charge on any atom is 0.250 e. The van der Waals surface area contributed by atoms with E-state index >= 15 is 0 Å². The molecule has 0 unspecified atom stereocenters. The molecular formula is C27H25Cl2N3O4S3. The number of methoxy groups -OCH3 is 1. The summed E-state index contributed by atoms with van der Waals surface area (Å²) in [5.74, 6) is 1.60. The number of halogens is 2. The summed E-state index contributed by atoms with van der Waals surface area (Å²) in [6, 6.07) is 21.3. The van der Waals surface area contributed by atoms with E-state index < -0.39 is 10.0 Å². The van der Waals surface area contributed by atoms with Gasteiger partial charge in [0.2, 0.25) is 0 Å². The van der Waals surface area contributed by atoms with E-state index in [-0.39, 0.29) is 10.8 Å². The van der Waals surface area contributed by atoms with E-state index in [1.54, 1.807) is 48.9 Å². The highest BCUT2D eigenvalue weighted by molar-refractivity contribution is 7.91. The lowest BCUT2D eigenvalue weighted by molar-refractivity contribution is 0.415. The summed E-state index contributed by atoms with van der Waals surface area (Å²) in [4.78, 5) is 0. The molecule has 0 radical (unpaired) electrons. The Hall–Kier alpha value is -2.86. The van der Waals surface area contributed by atoms with E-state index in [9.17, 15) is 8.42 Å². The first kappa shape index (κ1) is 29.1. The largest absolute Gasteiger partial charge is 0.497 e. The number of thiocarbonyl (C=S) groups is 1. The van der Waals surface area contributed by atoms with Crippen LogP contribution in [-0.4, -0.2) is 33.7 Å². The number of hydrogen-bond donors (Lipinski definition) is 3. The summed E-state index contributed by atoms with van der Waals surface area (Å²) in [7, 11) is -2.18. The Morgan fingerprint density at radius 3 is 2.56 bits per heavy atom. The highest BCUT2D eigenvalue weighted by atomic mass is 35.5. The predicted molar refractivity (Wildman–Crippen MR) is 163 cm³/mol. The van der Waals surface area contributed by atoms with Crippen LogP contribution in [0.4, 0.5) is 5.69 Å². The predicted octanol–water partition coefficient (Wildman–Crippen LogP) is 7.18. The third kappa shape index (κ3) is 7.84. The van der Waals surface area contributed by atoms with E-state index in [1.165, 1.54) is 0 Å². The second-order valence-corrected chi connectivity index (χ2v) is 12.3. The number of sulfonamides is 1. The van der Waals surface area contributed by atoms with Gasteiger partial charge in [-0.15, -0.1) is 11.3 Å². The molecule has 0 bridgehead atoms. The van der Waals surface area contributed by atoms with Crippen molar-refractivity contribution < 1.29 is 17.9 Å². The summed E-state index contributed by atoms with van der Waals surface area (Å²) in [6.45, 7) is 0.709. The maximum atomic E-state index is 13.2. The van der Waals surface area contributed by atoms with Crippen molar-refractivity contribution in [2.24, 2.45) is 0 Å². The number of nitrogens with one attached hydrogen (secondary N) is 3. The van der Waals surface area contributed by atoms with E-state index in [0.717, 1.165) is 17.0 Å². The van der Waals surface area contributed by atoms with Crippen molar-refractivity contribution in [1.29, 1.82) is 0 Å². The fraction of sp³-hybridized carbons (Fsp3) is 0.148. The number of thiophene rings is 1. The lowest BCUT2D eigenvalue weighted by Crippen LogP contribution is -2.32. The molecule has 12 heteroatoms. The molecule has 3 aromatic carbocycles. The molecular weight excluding hydrogens is 597 g/mol. The standard InChI is InChI=1S/C27H25Cl2N3O4S3/c1-35-20-7-4-6-19(17-20)32-27(37)30-13-5-14-31-39(33,34)26-22(12-15-38-26)21-8-2-3-9-24(21)36-25-11-10-18(28)16-23(25)29/h2-4,6-12,15-17,31H,5,13-14H2,1H3,(H2,30,32,37). The van der Waals surface area contributed by atoms with Gasteiger partial charge in [0, 0.05) is 41.0 Å². The minimum Gasteiger partial charge on any atom is -0.497 e. The number of ether oxygens (including phenoxy) is 2. The van der Waals surface area contributed by atoms with Crippen LogP contribution in [0.15, 0.2) is 82.4 Å². The fourth-order valence-corrected chi connectivity index (χ4v) is 6.76. The number of anilines is 1. The van der Waals surface area contributed by atoms with Crippen LogP contribution in [0.5, 0.6) is 17.2 Å². The second-order valence-electron chi connectivity index (χ2n) is 8.16. The fourth-order valence-electron chi connectivity index (χ4n) is 3.60. The average Bonchev–Trinajstić information content (AvgIpc) is 3.41. The first-order chi connectivity index (χ1) is 18.8. The van der Waals surface area contributed by atoms with Crippen LogP contribution in [0.25, 0.3) is 11.1 Å². The molecule has 1 aromatic heterocycles. The molecule has 7 nitrogen and oxygen atoms in total. The number of benzene rings is 3. The molecule has 0 spiro atoms. The third-order valence-corrected chi connectivity index (χ3v) is 9.15. The second kappa shape index (κ2) is 13.5. The van der Waals surface area contributed by atoms with Gasteiger partial charge in [-0.05, 0) is 66.5 Å². The molecule has 0 atom stereocenters. The Morgan fingerprint density at radius 1 is 0.949 bits per heavy atom. The summed E-state index contributed by atoms with van der Waals surface area (Å²) in [6.07, 6.45) is 0.522. The minimum atomic E-state index is -3.78. The third-order valence-electron chi connectivity index (χ3n) is 5.42. The van der Waals surface area contributed by atoms with E-state index in [0.29, 0.717) is 56.5 Å². The molecule has 204 valence electrons. The SMILES string of the molecule is COc1cccc(NC(=S)NCCCNS(=O)(=O)c2sccc2-c2ccccc2Oc2ccc(Cl)cc2Cl)c1. The van der Waals surface area contributed by atoms with Crippen molar-refractivity contribution in [3.8, 4) is 28.4 Å². The number of hydrogen-bond acceptors (Lipinski definition) is 6. The number of rotatable bonds is 11. The van der Waals surface area contributed by atoms with Crippen LogP contribution < -0.4 is 24.8 Å².